The lowest BCUT2D eigenvalue weighted by atomic mass is 9.99. The molecule has 5 rings (SSSR count). The molecule has 4 aromatic rings. The second-order valence-corrected chi connectivity index (χ2v) is 10.9. The molecule has 0 saturated carbocycles. The zero-order chi connectivity index (χ0) is 34.0. The van der Waals surface area contributed by atoms with Gasteiger partial charge in [0.05, 0.1) is 45.4 Å². The fraction of sp³-hybridized carbons (Fsp3) is 0.324. The Morgan fingerprint density at radius 3 is 2.46 bits per heavy atom. The molecule has 0 unspecified atom stereocenters. The van der Waals surface area contributed by atoms with Crippen molar-refractivity contribution >= 4 is 18.0 Å². The maximum Gasteiger partial charge on any atom is 0.338 e. The Morgan fingerprint density at radius 2 is 1.73 bits per heavy atom. The lowest BCUT2D eigenvalue weighted by Crippen LogP contribution is -2.11. The van der Waals surface area contributed by atoms with Gasteiger partial charge < -0.3 is 33.2 Å². The summed E-state index contributed by atoms with van der Waals surface area (Å²) in [4.78, 5) is 25.9. The number of hydrogen-bond acceptors (Lipinski definition) is 10. The molecule has 0 fully saturated rings. The molecule has 0 saturated heterocycles. The van der Waals surface area contributed by atoms with Crippen LogP contribution in [0.1, 0.15) is 53.7 Å². The van der Waals surface area contributed by atoms with Gasteiger partial charge in [-0.1, -0.05) is 31.5 Å². The zero-order valence-electron chi connectivity index (χ0n) is 27.9. The highest BCUT2D eigenvalue weighted by Gasteiger charge is 2.24. The topological polar surface area (TPSA) is 117 Å². The van der Waals surface area contributed by atoms with E-state index in [0.29, 0.717) is 57.6 Å². The van der Waals surface area contributed by atoms with Gasteiger partial charge in [0.15, 0.2) is 11.5 Å². The first kappa shape index (κ1) is 33.9. The molecule has 0 bridgehead atoms. The van der Waals surface area contributed by atoms with E-state index in [1.165, 1.54) is 7.11 Å². The Bertz CT molecular complexity index is 1790. The molecule has 0 atom stereocenters. The molecule has 0 spiro atoms. The second-order valence-electron chi connectivity index (χ2n) is 10.9. The molecular formula is C37H40N2O9. The lowest BCUT2D eigenvalue weighted by molar-refractivity contribution is -0.138. The van der Waals surface area contributed by atoms with Gasteiger partial charge in [-0.3, -0.25) is 4.68 Å². The van der Waals surface area contributed by atoms with Gasteiger partial charge in [-0.25, -0.2) is 9.59 Å². The molecule has 48 heavy (non-hydrogen) atoms. The number of methoxy groups -OCH3 is 3. The van der Waals surface area contributed by atoms with Crippen molar-refractivity contribution in [2.24, 2.45) is 0 Å². The molecule has 0 radical (unpaired) electrons. The number of esters is 2. The summed E-state index contributed by atoms with van der Waals surface area (Å²) in [7, 11) is 4.50. The van der Waals surface area contributed by atoms with E-state index in [1.807, 2.05) is 35.0 Å². The highest BCUT2D eigenvalue weighted by molar-refractivity contribution is 5.96. The first-order chi connectivity index (χ1) is 23.4. The standard InChI is InChI=1S/C37H40N2O9/c1-6-8-15-39-35(30-14-13-28(42-3)19-32(30)46-22-24-11-9-10-12-29(24)37(41)44-5)27(21-38-39)17-26(36(40)45-7-2)16-25-18-33-34(48-23-47-33)20-31(25)43-4/h9-14,17-21H,6-8,15-16,22-23H2,1-5H3/b26-17+. The molecular weight excluding hydrogens is 616 g/mol. The van der Waals surface area contributed by atoms with Gasteiger partial charge >= 0.3 is 11.9 Å². The van der Waals surface area contributed by atoms with E-state index in [0.717, 1.165) is 29.7 Å². The van der Waals surface area contributed by atoms with Crippen LogP contribution in [0, 0.1) is 0 Å². The smallest absolute Gasteiger partial charge is 0.338 e. The fourth-order valence-corrected chi connectivity index (χ4v) is 5.43. The third kappa shape index (κ3) is 7.57. The number of aromatic nitrogens is 2. The number of carbonyl (C=O) groups is 2. The van der Waals surface area contributed by atoms with Gasteiger partial charge in [0.2, 0.25) is 6.79 Å². The summed E-state index contributed by atoms with van der Waals surface area (Å²) < 4.78 is 41.1. The maximum atomic E-state index is 13.4. The summed E-state index contributed by atoms with van der Waals surface area (Å²) in [5.74, 6) is 1.91. The van der Waals surface area contributed by atoms with Crippen LogP contribution in [0.4, 0.5) is 0 Å². The minimum atomic E-state index is -0.463. The Hall–Kier alpha value is -5.45. The molecule has 1 aromatic heterocycles. The van der Waals surface area contributed by atoms with Crippen LogP contribution in [0.3, 0.4) is 0 Å². The molecule has 11 nitrogen and oxygen atoms in total. The monoisotopic (exact) mass is 656 g/mol. The number of unbranched alkanes of at least 4 members (excludes halogenated alkanes) is 1. The number of nitrogens with zero attached hydrogens (tertiary/aromatic N) is 2. The van der Waals surface area contributed by atoms with Gasteiger partial charge in [-0.2, -0.15) is 5.10 Å². The molecule has 1 aliphatic rings. The number of ether oxygens (including phenoxy) is 7. The van der Waals surface area contributed by atoms with Crippen LogP contribution in [0.2, 0.25) is 0 Å². The number of aryl methyl sites for hydroxylation is 1. The van der Waals surface area contributed by atoms with Crippen LogP contribution >= 0.6 is 0 Å². The first-order valence-electron chi connectivity index (χ1n) is 15.8. The summed E-state index contributed by atoms with van der Waals surface area (Å²) in [6.07, 6.45) is 5.58. The predicted molar refractivity (Wildman–Crippen MR) is 179 cm³/mol. The van der Waals surface area contributed by atoms with Crippen molar-refractivity contribution in [3.63, 3.8) is 0 Å². The Kier molecular flexibility index (Phi) is 11.2. The van der Waals surface area contributed by atoms with Gasteiger partial charge in [0.25, 0.3) is 0 Å². The average molecular weight is 657 g/mol. The quantitative estimate of drug-likeness (QED) is 0.102. The van der Waals surface area contributed by atoms with Crippen molar-refractivity contribution in [1.82, 2.24) is 9.78 Å². The van der Waals surface area contributed by atoms with E-state index in [-0.39, 0.29) is 26.4 Å². The van der Waals surface area contributed by atoms with E-state index < -0.39 is 11.9 Å². The Morgan fingerprint density at radius 1 is 0.938 bits per heavy atom. The molecule has 11 heteroatoms. The third-order valence-electron chi connectivity index (χ3n) is 7.86. The lowest BCUT2D eigenvalue weighted by Gasteiger charge is -2.17. The SMILES string of the molecule is CCCCn1ncc(/C=C(\Cc2cc3c(cc2OC)OCO3)C(=O)OCC)c1-c1ccc(OC)cc1OCc1ccccc1C(=O)OC. The first-order valence-corrected chi connectivity index (χ1v) is 15.8. The minimum Gasteiger partial charge on any atom is -0.497 e. The second kappa shape index (κ2) is 15.9. The predicted octanol–water partition coefficient (Wildman–Crippen LogP) is 6.65. The molecule has 3 aromatic carbocycles. The van der Waals surface area contributed by atoms with Gasteiger partial charge in [0, 0.05) is 52.9 Å². The van der Waals surface area contributed by atoms with E-state index >= 15 is 0 Å². The molecule has 0 aliphatic carbocycles. The van der Waals surface area contributed by atoms with Crippen molar-refractivity contribution in [2.45, 2.75) is 46.3 Å². The highest BCUT2D eigenvalue weighted by Crippen LogP contribution is 2.40. The van der Waals surface area contributed by atoms with Crippen LogP contribution in [0.5, 0.6) is 28.7 Å². The van der Waals surface area contributed by atoms with Crippen LogP contribution in [-0.2, 0) is 33.8 Å². The minimum absolute atomic E-state index is 0.0949. The van der Waals surface area contributed by atoms with Crippen molar-refractivity contribution in [3.8, 4) is 40.0 Å². The van der Waals surface area contributed by atoms with Gasteiger partial charge in [0.1, 0.15) is 23.9 Å². The van der Waals surface area contributed by atoms with Crippen LogP contribution in [-0.4, -0.2) is 56.4 Å². The highest BCUT2D eigenvalue weighted by atomic mass is 16.7. The molecule has 0 N–H and O–H groups in total. The Labute approximate surface area is 279 Å². The fourth-order valence-electron chi connectivity index (χ4n) is 5.43. The summed E-state index contributed by atoms with van der Waals surface area (Å²) in [6.45, 7) is 4.94. The average Bonchev–Trinajstić information content (AvgIpc) is 3.74. The van der Waals surface area contributed by atoms with Crippen LogP contribution in [0.25, 0.3) is 17.3 Å². The van der Waals surface area contributed by atoms with E-state index in [1.54, 1.807) is 57.7 Å². The summed E-state index contributed by atoms with van der Waals surface area (Å²) in [5.41, 5.74) is 4.39. The van der Waals surface area contributed by atoms with E-state index in [4.69, 9.17) is 38.3 Å². The number of carbonyl (C=O) groups excluding carboxylic acids is 2. The molecule has 2 heterocycles. The van der Waals surface area contributed by atoms with E-state index in [2.05, 4.69) is 6.92 Å². The normalized spacial score (nSPS) is 12.1. The van der Waals surface area contributed by atoms with Crippen molar-refractivity contribution < 1.29 is 42.7 Å². The number of rotatable bonds is 15. The van der Waals surface area contributed by atoms with Gasteiger partial charge in [-0.15, -0.1) is 0 Å². The molecule has 252 valence electrons. The van der Waals surface area contributed by atoms with Crippen molar-refractivity contribution in [1.29, 1.82) is 0 Å². The van der Waals surface area contributed by atoms with Crippen LogP contribution in [0.15, 0.2) is 66.4 Å². The maximum absolute atomic E-state index is 13.4. The number of hydrogen-bond donors (Lipinski definition) is 0. The summed E-state index contributed by atoms with van der Waals surface area (Å²) in [5, 5.41) is 4.74. The molecule has 1 aliphatic heterocycles. The largest absolute Gasteiger partial charge is 0.497 e. The number of benzene rings is 3. The van der Waals surface area contributed by atoms with Crippen molar-refractivity contribution in [3.05, 3.63) is 88.6 Å². The molecule has 0 amide bonds. The zero-order valence-corrected chi connectivity index (χ0v) is 27.9. The summed E-state index contributed by atoms with van der Waals surface area (Å²) >= 11 is 0. The van der Waals surface area contributed by atoms with Crippen LogP contribution < -0.4 is 23.7 Å². The number of fused-ring (bicyclic) bond motifs is 1. The third-order valence-corrected chi connectivity index (χ3v) is 7.86. The van der Waals surface area contributed by atoms with E-state index in [9.17, 15) is 9.59 Å². The van der Waals surface area contributed by atoms with Crippen molar-refractivity contribution in [2.75, 3.05) is 34.7 Å². The summed E-state index contributed by atoms with van der Waals surface area (Å²) in [6, 6.07) is 16.3. The van der Waals surface area contributed by atoms with Gasteiger partial charge in [-0.05, 0) is 43.7 Å². The Balaban J connectivity index is 1.60.